The summed E-state index contributed by atoms with van der Waals surface area (Å²) in [5.41, 5.74) is 0.750. The topological polar surface area (TPSA) is 110 Å². The molecule has 0 aromatic heterocycles. The Morgan fingerprint density at radius 1 is 1.10 bits per heavy atom. The van der Waals surface area contributed by atoms with E-state index in [4.69, 9.17) is 4.74 Å². The summed E-state index contributed by atoms with van der Waals surface area (Å²) in [6, 6.07) is 9.96. The van der Waals surface area contributed by atoms with E-state index in [9.17, 15) is 27.5 Å². The predicted molar refractivity (Wildman–Crippen MR) is 103 cm³/mol. The van der Waals surface area contributed by atoms with Gasteiger partial charge in [-0.1, -0.05) is 12.1 Å². The van der Waals surface area contributed by atoms with E-state index in [0.717, 1.165) is 5.56 Å². The van der Waals surface area contributed by atoms with Crippen LogP contribution < -0.4 is 9.46 Å². The van der Waals surface area contributed by atoms with Crippen molar-refractivity contribution in [3.8, 4) is 5.75 Å². The molecule has 9 heteroatoms. The average molecular weight is 423 g/mol. The highest BCUT2D eigenvalue weighted by molar-refractivity contribution is 7.89. The molecule has 156 valence electrons. The third kappa shape index (κ3) is 7.28. The Kier molecular flexibility index (Phi) is 7.86. The summed E-state index contributed by atoms with van der Waals surface area (Å²) >= 11 is 0. The molecular weight excluding hydrogens is 401 g/mol. The number of aliphatic carboxylic acids is 1. The van der Waals surface area contributed by atoms with Crippen molar-refractivity contribution in [1.82, 2.24) is 4.72 Å². The second-order valence-corrected chi connectivity index (χ2v) is 8.21. The van der Waals surface area contributed by atoms with E-state index < -0.39 is 22.0 Å². The maximum Gasteiger partial charge on any atom is 0.321 e. The van der Waals surface area contributed by atoms with E-state index in [1.54, 1.807) is 12.1 Å². The average Bonchev–Trinajstić information content (AvgIpc) is 2.66. The molecule has 0 saturated heterocycles. The van der Waals surface area contributed by atoms with Crippen molar-refractivity contribution in [2.45, 2.75) is 43.7 Å². The number of carboxylic acid groups (broad SMARTS) is 1. The zero-order chi connectivity index (χ0) is 21.4. The van der Waals surface area contributed by atoms with Crippen molar-refractivity contribution in [3.63, 3.8) is 0 Å². The fourth-order valence-corrected chi connectivity index (χ4v) is 3.73. The summed E-state index contributed by atoms with van der Waals surface area (Å²) in [4.78, 5) is 22.2. The standard InChI is InChI=1S/C20H22FNO6S/c1-14(23)3-2-4-19(20(24)25)22-29(26,27)18-11-9-17(10-12-18)28-13-15-5-7-16(21)8-6-15/h5-12,19,22H,2-4,13H2,1H3,(H,24,25). The van der Waals surface area contributed by atoms with Gasteiger partial charge in [0.05, 0.1) is 4.90 Å². The first-order valence-electron chi connectivity index (χ1n) is 8.89. The predicted octanol–water partition coefficient (Wildman–Crippen LogP) is 2.90. The highest BCUT2D eigenvalue weighted by Gasteiger charge is 2.25. The Balaban J connectivity index is 1.99. The third-order valence-corrected chi connectivity index (χ3v) is 5.56. The first kappa shape index (κ1) is 22.5. The van der Waals surface area contributed by atoms with Gasteiger partial charge in [0.15, 0.2) is 0 Å². The van der Waals surface area contributed by atoms with Gasteiger partial charge in [-0.15, -0.1) is 0 Å². The number of Topliss-reactive ketones (excluding diaryl/α,β-unsaturated/α-hetero) is 1. The van der Waals surface area contributed by atoms with Crippen LogP contribution >= 0.6 is 0 Å². The van der Waals surface area contributed by atoms with Crippen LogP contribution in [0.15, 0.2) is 53.4 Å². The number of nitrogens with one attached hydrogen (secondary N) is 1. The van der Waals surface area contributed by atoms with Crippen molar-refractivity contribution in [2.24, 2.45) is 0 Å². The minimum Gasteiger partial charge on any atom is -0.489 e. The first-order chi connectivity index (χ1) is 13.7. The van der Waals surface area contributed by atoms with Gasteiger partial charge in [-0.3, -0.25) is 4.79 Å². The largest absolute Gasteiger partial charge is 0.489 e. The van der Waals surface area contributed by atoms with E-state index in [1.807, 2.05) is 0 Å². The minimum atomic E-state index is -4.06. The number of rotatable bonds is 11. The lowest BCUT2D eigenvalue weighted by atomic mass is 10.1. The molecule has 2 N–H and O–H groups in total. The van der Waals surface area contributed by atoms with E-state index in [1.165, 1.54) is 43.3 Å². The van der Waals surface area contributed by atoms with Gasteiger partial charge in [-0.2, -0.15) is 4.72 Å². The fraction of sp³-hybridized carbons (Fsp3) is 0.300. The summed E-state index contributed by atoms with van der Waals surface area (Å²) in [5.74, 6) is -1.34. The molecule has 2 rings (SSSR count). The first-order valence-corrected chi connectivity index (χ1v) is 10.4. The van der Waals surface area contributed by atoms with Gasteiger partial charge in [0.2, 0.25) is 10.0 Å². The highest BCUT2D eigenvalue weighted by Crippen LogP contribution is 2.18. The van der Waals surface area contributed by atoms with Gasteiger partial charge < -0.3 is 14.6 Å². The molecule has 0 bridgehead atoms. The minimum absolute atomic E-state index is 0.00695. The van der Waals surface area contributed by atoms with Gasteiger partial charge in [0.1, 0.15) is 30.0 Å². The van der Waals surface area contributed by atoms with Gasteiger partial charge in [-0.05, 0) is 61.7 Å². The summed E-state index contributed by atoms with van der Waals surface area (Å²) in [7, 11) is -4.06. The molecule has 7 nitrogen and oxygen atoms in total. The van der Waals surface area contributed by atoms with Gasteiger partial charge in [-0.25, -0.2) is 12.8 Å². The monoisotopic (exact) mass is 423 g/mol. The summed E-state index contributed by atoms with van der Waals surface area (Å²) < 4.78 is 45.5. The number of hydrogen-bond donors (Lipinski definition) is 2. The number of carboxylic acids is 1. The molecule has 0 aliphatic carbocycles. The van der Waals surface area contributed by atoms with Crippen molar-refractivity contribution in [1.29, 1.82) is 0 Å². The Morgan fingerprint density at radius 2 is 1.72 bits per heavy atom. The molecule has 0 aliphatic heterocycles. The number of benzene rings is 2. The Labute approximate surface area is 168 Å². The lowest BCUT2D eigenvalue weighted by Crippen LogP contribution is -2.40. The maximum absolute atomic E-state index is 12.9. The van der Waals surface area contributed by atoms with Crippen molar-refractivity contribution in [3.05, 3.63) is 59.9 Å². The van der Waals surface area contributed by atoms with Crippen LogP contribution in [0.3, 0.4) is 0 Å². The van der Waals surface area contributed by atoms with Crippen LogP contribution in [0.25, 0.3) is 0 Å². The van der Waals surface area contributed by atoms with Gasteiger partial charge in [0, 0.05) is 6.42 Å². The number of sulfonamides is 1. The normalized spacial score (nSPS) is 12.3. The molecule has 0 amide bonds. The van der Waals surface area contributed by atoms with Crippen LogP contribution in [0, 0.1) is 5.82 Å². The maximum atomic E-state index is 12.9. The molecule has 0 saturated carbocycles. The molecule has 1 atom stereocenters. The van der Waals surface area contributed by atoms with Crippen LogP contribution in [-0.4, -0.2) is 31.3 Å². The molecule has 0 radical (unpaired) electrons. The molecule has 1 unspecified atom stereocenters. The molecule has 0 heterocycles. The van der Waals surface area contributed by atoms with E-state index in [-0.39, 0.29) is 42.4 Å². The summed E-state index contributed by atoms with van der Waals surface area (Å²) in [5, 5.41) is 9.23. The highest BCUT2D eigenvalue weighted by atomic mass is 32.2. The summed E-state index contributed by atoms with van der Waals surface area (Å²) in [6.07, 6.45) is 0.462. The molecule has 0 fully saturated rings. The van der Waals surface area contributed by atoms with Gasteiger partial charge >= 0.3 is 5.97 Å². The smallest absolute Gasteiger partial charge is 0.321 e. The number of hydrogen-bond acceptors (Lipinski definition) is 5. The number of ketones is 1. The van der Waals surface area contributed by atoms with Crippen molar-refractivity contribution in [2.75, 3.05) is 0 Å². The molecule has 2 aromatic carbocycles. The van der Waals surface area contributed by atoms with Gasteiger partial charge in [0.25, 0.3) is 0 Å². The second kappa shape index (κ2) is 10.1. The molecule has 0 spiro atoms. The lowest BCUT2D eigenvalue weighted by Gasteiger charge is -2.15. The molecular formula is C20H22FNO6S. The molecule has 29 heavy (non-hydrogen) atoms. The zero-order valence-corrected chi connectivity index (χ0v) is 16.6. The Bertz CT molecular complexity index is 942. The van der Waals surface area contributed by atoms with Crippen molar-refractivity contribution >= 4 is 21.8 Å². The SMILES string of the molecule is CC(=O)CCCC(NS(=O)(=O)c1ccc(OCc2ccc(F)cc2)cc1)C(=O)O. The van der Waals surface area contributed by atoms with E-state index >= 15 is 0 Å². The van der Waals surface area contributed by atoms with E-state index in [0.29, 0.717) is 5.75 Å². The van der Waals surface area contributed by atoms with E-state index in [2.05, 4.69) is 4.72 Å². The number of halogens is 1. The third-order valence-electron chi connectivity index (χ3n) is 4.07. The number of ether oxygens (including phenoxy) is 1. The Morgan fingerprint density at radius 3 is 2.28 bits per heavy atom. The van der Waals surface area contributed by atoms with Crippen LogP contribution in [0.4, 0.5) is 4.39 Å². The molecule has 0 aliphatic rings. The summed E-state index contributed by atoms with van der Waals surface area (Å²) in [6.45, 7) is 1.57. The van der Waals surface area contributed by atoms with Crippen LogP contribution in [0.5, 0.6) is 5.75 Å². The lowest BCUT2D eigenvalue weighted by molar-refractivity contribution is -0.139. The number of carbonyl (C=O) groups excluding carboxylic acids is 1. The van der Waals surface area contributed by atoms with Crippen LogP contribution in [-0.2, 0) is 26.2 Å². The molecule has 2 aromatic rings. The second-order valence-electron chi connectivity index (χ2n) is 6.49. The van der Waals surface area contributed by atoms with Crippen LogP contribution in [0.2, 0.25) is 0 Å². The van der Waals surface area contributed by atoms with Crippen molar-refractivity contribution < 1.29 is 32.2 Å². The van der Waals surface area contributed by atoms with Crippen LogP contribution in [0.1, 0.15) is 31.7 Å². The fourth-order valence-electron chi connectivity index (χ4n) is 2.51. The quantitative estimate of drug-likeness (QED) is 0.575. The Hall–Kier alpha value is -2.78. The zero-order valence-electron chi connectivity index (χ0n) is 15.8. The number of carbonyl (C=O) groups is 2.